The first kappa shape index (κ1) is 23.1. The lowest BCUT2D eigenvalue weighted by Crippen LogP contribution is -2.38. The molecule has 2 aromatic carbocycles. The standard InChI is InChI=1S/C23H24F3N3O4/c1-31-19-11-17-18(12-20(19)32-2)27-21(14-28-6-8-33-9-7-28)29(22(17)30)13-15-4-3-5-16(10-15)23(24,25)26/h3-5,10-12H,6-9,13-14H2,1-2H3. The Kier molecular flexibility index (Phi) is 6.57. The molecule has 0 unspecified atom stereocenters. The van der Waals surface area contributed by atoms with Crippen LogP contribution in [0, 0.1) is 0 Å². The minimum absolute atomic E-state index is 0.0420. The molecule has 7 nitrogen and oxygen atoms in total. The van der Waals surface area contributed by atoms with Crippen LogP contribution in [0.3, 0.4) is 0 Å². The van der Waals surface area contributed by atoms with Crippen LogP contribution < -0.4 is 15.0 Å². The SMILES string of the molecule is COc1cc2nc(CN3CCOCC3)n(Cc3cccc(C(F)(F)F)c3)c(=O)c2cc1OC. The van der Waals surface area contributed by atoms with E-state index in [0.29, 0.717) is 66.6 Å². The first-order valence-corrected chi connectivity index (χ1v) is 10.4. The second kappa shape index (κ2) is 9.40. The Morgan fingerprint density at radius 3 is 2.39 bits per heavy atom. The monoisotopic (exact) mass is 463 g/mol. The van der Waals surface area contributed by atoms with Gasteiger partial charge in [-0.2, -0.15) is 13.2 Å². The molecular formula is C23H24F3N3O4. The van der Waals surface area contributed by atoms with Crippen molar-refractivity contribution in [1.82, 2.24) is 14.5 Å². The van der Waals surface area contributed by atoms with Crippen LogP contribution in [0.1, 0.15) is 17.0 Å². The van der Waals surface area contributed by atoms with Gasteiger partial charge < -0.3 is 14.2 Å². The van der Waals surface area contributed by atoms with Gasteiger partial charge in [-0.15, -0.1) is 0 Å². The molecule has 0 bridgehead atoms. The summed E-state index contributed by atoms with van der Waals surface area (Å²) in [5.74, 6) is 1.26. The molecule has 1 saturated heterocycles. The number of nitrogens with zero attached hydrogens (tertiary/aromatic N) is 3. The summed E-state index contributed by atoms with van der Waals surface area (Å²) in [6.45, 7) is 2.79. The molecule has 1 aliphatic heterocycles. The van der Waals surface area contributed by atoms with Crippen LogP contribution in [0.25, 0.3) is 10.9 Å². The number of rotatable bonds is 6. The molecule has 0 aliphatic carbocycles. The van der Waals surface area contributed by atoms with Crippen LogP contribution in [-0.2, 0) is 24.0 Å². The molecule has 176 valence electrons. The number of ether oxygens (including phenoxy) is 3. The molecule has 0 saturated carbocycles. The second-order valence-electron chi connectivity index (χ2n) is 7.73. The van der Waals surface area contributed by atoms with Crippen LogP contribution in [0.2, 0.25) is 0 Å². The van der Waals surface area contributed by atoms with Gasteiger partial charge >= 0.3 is 6.18 Å². The number of aromatic nitrogens is 2. The highest BCUT2D eigenvalue weighted by Crippen LogP contribution is 2.31. The van der Waals surface area contributed by atoms with E-state index in [1.807, 2.05) is 0 Å². The number of fused-ring (bicyclic) bond motifs is 1. The van der Waals surface area contributed by atoms with Crippen molar-refractivity contribution >= 4 is 10.9 Å². The van der Waals surface area contributed by atoms with E-state index in [1.54, 1.807) is 18.2 Å². The molecule has 10 heteroatoms. The van der Waals surface area contributed by atoms with Gasteiger partial charge in [0, 0.05) is 19.2 Å². The number of alkyl halides is 3. The molecule has 2 heterocycles. The zero-order valence-corrected chi connectivity index (χ0v) is 18.3. The van der Waals surface area contributed by atoms with Crippen LogP contribution in [0.15, 0.2) is 41.2 Å². The van der Waals surface area contributed by atoms with Crippen LogP contribution >= 0.6 is 0 Å². The number of hydrogen-bond donors (Lipinski definition) is 0. The van der Waals surface area contributed by atoms with Gasteiger partial charge in [0.1, 0.15) is 5.82 Å². The Morgan fingerprint density at radius 2 is 1.73 bits per heavy atom. The summed E-state index contributed by atoms with van der Waals surface area (Å²) in [6.07, 6.45) is -4.47. The molecular weight excluding hydrogens is 439 g/mol. The number of morpholine rings is 1. The normalized spacial score (nSPS) is 15.1. The lowest BCUT2D eigenvalue weighted by Gasteiger charge is -2.27. The summed E-state index contributed by atoms with van der Waals surface area (Å²) in [7, 11) is 2.96. The highest BCUT2D eigenvalue weighted by Gasteiger charge is 2.30. The predicted octanol–water partition coefficient (Wildman–Crippen LogP) is 3.31. The van der Waals surface area contributed by atoms with Gasteiger partial charge in [0.25, 0.3) is 5.56 Å². The largest absolute Gasteiger partial charge is 0.493 e. The molecule has 0 radical (unpaired) electrons. The van der Waals surface area contributed by atoms with Crippen LogP contribution in [-0.4, -0.2) is 55.0 Å². The van der Waals surface area contributed by atoms with Crippen LogP contribution in [0.4, 0.5) is 13.2 Å². The van der Waals surface area contributed by atoms with Crippen LogP contribution in [0.5, 0.6) is 11.5 Å². The summed E-state index contributed by atoms with van der Waals surface area (Å²) in [4.78, 5) is 20.3. The maximum atomic E-state index is 13.5. The fourth-order valence-electron chi connectivity index (χ4n) is 3.87. The third kappa shape index (κ3) is 4.96. The lowest BCUT2D eigenvalue weighted by atomic mass is 10.1. The van der Waals surface area contributed by atoms with Gasteiger partial charge in [0.15, 0.2) is 11.5 Å². The predicted molar refractivity (Wildman–Crippen MR) is 116 cm³/mol. The van der Waals surface area contributed by atoms with Crippen molar-refractivity contribution in [2.45, 2.75) is 19.3 Å². The minimum Gasteiger partial charge on any atom is -0.493 e. The highest BCUT2D eigenvalue weighted by atomic mass is 19.4. The summed E-state index contributed by atoms with van der Waals surface area (Å²) in [6, 6.07) is 8.16. The molecule has 0 spiro atoms. The smallest absolute Gasteiger partial charge is 0.416 e. The second-order valence-corrected chi connectivity index (χ2v) is 7.73. The first-order valence-electron chi connectivity index (χ1n) is 10.4. The van der Waals surface area contributed by atoms with E-state index >= 15 is 0 Å². The van der Waals surface area contributed by atoms with E-state index in [-0.39, 0.29) is 12.1 Å². The Morgan fingerprint density at radius 1 is 1.03 bits per heavy atom. The van der Waals surface area contributed by atoms with Gasteiger partial charge in [-0.05, 0) is 23.8 Å². The molecule has 0 amide bonds. The topological polar surface area (TPSA) is 65.8 Å². The molecule has 0 atom stereocenters. The zero-order chi connectivity index (χ0) is 23.6. The van der Waals surface area contributed by atoms with Gasteiger partial charge in [-0.1, -0.05) is 12.1 Å². The molecule has 4 rings (SSSR count). The van der Waals surface area contributed by atoms with E-state index in [9.17, 15) is 18.0 Å². The maximum Gasteiger partial charge on any atom is 0.416 e. The Hall–Kier alpha value is -3.11. The van der Waals surface area contributed by atoms with Gasteiger partial charge in [-0.3, -0.25) is 14.3 Å². The Balaban J connectivity index is 1.83. The van der Waals surface area contributed by atoms with Crippen molar-refractivity contribution in [3.63, 3.8) is 0 Å². The first-order chi connectivity index (χ1) is 15.8. The quantitative estimate of drug-likeness (QED) is 0.559. The maximum absolute atomic E-state index is 13.5. The van der Waals surface area contributed by atoms with E-state index < -0.39 is 11.7 Å². The van der Waals surface area contributed by atoms with Gasteiger partial charge in [0.2, 0.25) is 0 Å². The molecule has 1 aliphatic rings. The number of hydrogen-bond acceptors (Lipinski definition) is 6. The van der Waals surface area contributed by atoms with E-state index in [0.717, 1.165) is 12.1 Å². The third-order valence-electron chi connectivity index (χ3n) is 5.60. The van der Waals surface area contributed by atoms with Crippen molar-refractivity contribution in [2.75, 3.05) is 40.5 Å². The van der Waals surface area contributed by atoms with Crippen molar-refractivity contribution in [3.8, 4) is 11.5 Å². The summed E-state index contributed by atoms with van der Waals surface area (Å²) in [5, 5.41) is 0.297. The molecule has 1 fully saturated rings. The Bertz CT molecular complexity index is 1200. The summed E-state index contributed by atoms with van der Waals surface area (Å²) in [5.41, 5.74) is -0.331. The van der Waals surface area contributed by atoms with E-state index in [1.165, 1.54) is 24.9 Å². The summed E-state index contributed by atoms with van der Waals surface area (Å²) >= 11 is 0. The van der Waals surface area contributed by atoms with Crippen molar-refractivity contribution < 1.29 is 27.4 Å². The lowest BCUT2D eigenvalue weighted by molar-refractivity contribution is -0.137. The third-order valence-corrected chi connectivity index (χ3v) is 5.60. The fraction of sp³-hybridized carbons (Fsp3) is 0.391. The van der Waals surface area contributed by atoms with E-state index in [4.69, 9.17) is 19.2 Å². The van der Waals surface area contributed by atoms with Crippen molar-refractivity contribution in [3.05, 3.63) is 63.7 Å². The molecule has 1 aromatic heterocycles. The number of benzene rings is 2. The van der Waals surface area contributed by atoms with Gasteiger partial charge in [0.05, 0.1) is 57.0 Å². The molecule has 33 heavy (non-hydrogen) atoms. The van der Waals surface area contributed by atoms with E-state index in [2.05, 4.69) is 4.90 Å². The van der Waals surface area contributed by atoms with Crippen molar-refractivity contribution in [1.29, 1.82) is 0 Å². The molecule has 3 aromatic rings. The zero-order valence-electron chi connectivity index (χ0n) is 18.3. The number of methoxy groups -OCH3 is 2. The summed E-state index contributed by atoms with van der Waals surface area (Å²) < 4.78 is 57.1. The fourth-order valence-corrected chi connectivity index (χ4v) is 3.87. The average molecular weight is 463 g/mol. The Labute approximate surface area is 188 Å². The number of halogens is 3. The molecule has 0 N–H and O–H groups in total. The van der Waals surface area contributed by atoms with Gasteiger partial charge in [-0.25, -0.2) is 4.98 Å². The highest BCUT2D eigenvalue weighted by molar-refractivity contribution is 5.82. The van der Waals surface area contributed by atoms with Crippen molar-refractivity contribution in [2.24, 2.45) is 0 Å². The average Bonchev–Trinajstić information content (AvgIpc) is 2.81. The minimum atomic E-state index is -4.47.